The maximum Gasteiger partial charge on any atom is 0.409 e. The van der Waals surface area contributed by atoms with Gasteiger partial charge in [0, 0.05) is 45.1 Å². The number of carbonyl (C=O) groups is 3. The van der Waals surface area contributed by atoms with Crippen LogP contribution in [-0.4, -0.2) is 80.1 Å². The molecule has 1 atom stereocenters. The van der Waals surface area contributed by atoms with Crippen molar-refractivity contribution in [3.63, 3.8) is 0 Å². The van der Waals surface area contributed by atoms with Crippen molar-refractivity contribution in [3.8, 4) is 0 Å². The van der Waals surface area contributed by atoms with Crippen LogP contribution >= 0.6 is 15.9 Å². The number of amides is 3. The number of ether oxygens (including phenoxy) is 1. The largest absolute Gasteiger partial charge is 0.450 e. The molecule has 0 aliphatic carbocycles. The van der Waals surface area contributed by atoms with Crippen LogP contribution in [0.5, 0.6) is 0 Å². The molecule has 11 nitrogen and oxygen atoms in total. The first kappa shape index (κ1) is 23.8. The SMILES string of the molecule is CCOC(=O)N1CCN(C(=O)C(C)n2cc(NC(=O)c3nn(CC)cc3Br)c(C)n2)CC1. The molecule has 0 aromatic carbocycles. The van der Waals surface area contributed by atoms with Gasteiger partial charge >= 0.3 is 6.09 Å². The van der Waals surface area contributed by atoms with Crippen molar-refractivity contribution >= 4 is 39.5 Å². The fraction of sp³-hybridized carbons (Fsp3) is 0.550. The lowest BCUT2D eigenvalue weighted by Gasteiger charge is -2.35. The maximum atomic E-state index is 13.0. The Hall–Kier alpha value is -2.89. The van der Waals surface area contributed by atoms with Crippen LogP contribution in [-0.2, 0) is 16.1 Å². The van der Waals surface area contributed by atoms with E-state index in [1.165, 1.54) is 0 Å². The first-order valence-corrected chi connectivity index (χ1v) is 11.3. The van der Waals surface area contributed by atoms with Crippen molar-refractivity contribution in [1.29, 1.82) is 0 Å². The second-order valence-corrected chi connectivity index (χ2v) is 8.29. The van der Waals surface area contributed by atoms with Crippen LogP contribution in [0.3, 0.4) is 0 Å². The van der Waals surface area contributed by atoms with Crippen LogP contribution in [0.25, 0.3) is 0 Å². The summed E-state index contributed by atoms with van der Waals surface area (Å²) in [6.07, 6.45) is 3.04. The Morgan fingerprint density at radius 3 is 2.38 bits per heavy atom. The van der Waals surface area contributed by atoms with Gasteiger partial charge in [0.05, 0.1) is 22.5 Å². The highest BCUT2D eigenvalue weighted by Gasteiger charge is 2.29. The zero-order chi connectivity index (χ0) is 23.4. The van der Waals surface area contributed by atoms with Crippen molar-refractivity contribution in [2.45, 2.75) is 40.3 Å². The molecule has 0 bridgehead atoms. The highest BCUT2D eigenvalue weighted by molar-refractivity contribution is 9.10. The number of rotatable bonds is 6. The van der Waals surface area contributed by atoms with E-state index in [0.29, 0.717) is 55.2 Å². The lowest BCUT2D eigenvalue weighted by molar-refractivity contribution is -0.136. The standard InChI is InChI=1S/C20H28BrN7O4/c1-5-27-11-15(21)17(24-27)18(29)22-16-12-28(23-13(16)3)14(4)19(30)25-7-9-26(10-8-25)20(31)32-6-2/h11-12,14H,5-10H2,1-4H3,(H,22,29). The average molecular weight is 510 g/mol. The monoisotopic (exact) mass is 509 g/mol. The molecule has 3 heterocycles. The van der Waals surface area contributed by atoms with E-state index in [1.54, 1.807) is 52.3 Å². The molecule has 12 heteroatoms. The zero-order valence-electron chi connectivity index (χ0n) is 18.7. The smallest absolute Gasteiger partial charge is 0.409 e. The number of aryl methyl sites for hydroxylation is 2. The number of hydrogen-bond acceptors (Lipinski definition) is 6. The number of hydrogen-bond donors (Lipinski definition) is 1. The minimum Gasteiger partial charge on any atom is -0.450 e. The van der Waals surface area contributed by atoms with E-state index in [9.17, 15) is 14.4 Å². The molecule has 174 valence electrons. The number of halogens is 1. The molecule has 1 fully saturated rings. The van der Waals surface area contributed by atoms with Crippen molar-refractivity contribution in [3.05, 3.63) is 28.3 Å². The van der Waals surface area contributed by atoms with Crippen LogP contribution in [0.15, 0.2) is 16.9 Å². The van der Waals surface area contributed by atoms with E-state index < -0.39 is 6.04 Å². The van der Waals surface area contributed by atoms with Crippen molar-refractivity contribution in [2.75, 3.05) is 38.1 Å². The molecule has 2 aromatic heterocycles. The Bertz CT molecular complexity index is 994. The summed E-state index contributed by atoms with van der Waals surface area (Å²) in [6, 6.07) is -0.556. The fourth-order valence-electron chi connectivity index (χ4n) is 3.40. The molecule has 0 radical (unpaired) electrons. The summed E-state index contributed by atoms with van der Waals surface area (Å²) in [5.41, 5.74) is 1.39. The van der Waals surface area contributed by atoms with Crippen molar-refractivity contribution in [1.82, 2.24) is 29.4 Å². The topological polar surface area (TPSA) is 115 Å². The number of nitrogens with zero attached hydrogens (tertiary/aromatic N) is 6. The molecule has 0 saturated carbocycles. The van der Waals surface area contributed by atoms with Gasteiger partial charge in [-0.05, 0) is 43.6 Å². The lowest BCUT2D eigenvalue weighted by Crippen LogP contribution is -2.52. The van der Waals surface area contributed by atoms with Crippen LogP contribution in [0.1, 0.15) is 43.0 Å². The normalized spacial score (nSPS) is 14.9. The van der Waals surface area contributed by atoms with Gasteiger partial charge in [-0.15, -0.1) is 0 Å². The van der Waals surface area contributed by atoms with E-state index in [1.807, 2.05) is 6.92 Å². The first-order valence-electron chi connectivity index (χ1n) is 10.6. The van der Waals surface area contributed by atoms with Gasteiger partial charge in [0.25, 0.3) is 5.91 Å². The molecule has 1 aliphatic heterocycles. The van der Waals surface area contributed by atoms with Gasteiger partial charge in [0.15, 0.2) is 5.69 Å². The Labute approximate surface area is 194 Å². The third-order valence-corrected chi connectivity index (χ3v) is 5.87. The molecule has 1 saturated heterocycles. The molecule has 3 amide bonds. The number of nitrogens with one attached hydrogen (secondary N) is 1. The molecule has 1 N–H and O–H groups in total. The fourth-order valence-corrected chi connectivity index (χ4v) is 3.89. The summed E-state index contributed by atoms with van der Waals surface area (Å²) in [5, 5.41) is 11.5. The molecular formula is C20H28BrN7O4. The van der Waals surface area contributed by atoms with E-state index in [4.69, 9.17) is 4.74 Å². The van der Waals surface area contributed by atoms with Gasteiger partial charge in [-0.3, -0.25) is 19.0 Å². The van der Waals surface area contributed by atoms with Gasteiger partial charge in [0.2, 0.25) is 5.91 Å². The van der Waals surface area contributed by atoms with Crippen LogP contribution in [0.4, 0.5) is 10.5 Å². The maximum absolute atomic E-state index is 13.0. The summed E-state index contributed by atoms with van der Waals surface area (Å²) in [7, 11) is 0. The third-order valence-electron chi connectivity index (χ3n) is 5.29. The van der Waals surface area contributed by atoms with Gasteiger partial charge < -0.3 is 19.9 Å². The summed E-state index contributed by atoms with van der Waals surface area (Å²) in [5.74, 6) is -0.459. The van der Waals surface area contributed by atoms with E-state index >= 15 is 0 Å². The van der Waals surface area contributed by atoms with Gasteiger partial charge in [-0.1, -0.05) is 0 Å². The van der Waals surface area contributed by atoms with Crippen LogP contribution in [0, 0.1) is 6.92 Å². The number of anilines is 1. The van der Waals surface area contributed by atoms with E-state index in [0.717, 1.165) is 0 Å². The minimum absolute atomic E-state index is 0.0988. The molecule has 1 unspecified atom stereocenters. The molecule has 0 spiro atoms. The van der Waals surface area contributed by atoms with E-state index in [-0.39, 0.29) is 23.6 Å². The third kappa shape index (κ3) is 5.12. The zero-order valence-corrected chi connectivity index (χ0v) is 20.3. The molecule has 1 aliphatic rings. The second kappa shape index (κ2) is 10.2. The first-order chi connectivity index (χ1) is 15.2. The number of aromatic nitrogens is 4. The molecule has 2 aromatic rings. The summed E-state index contributed by atoms with van der Waals surface area (Å²) < 4.78 is 8.83. The van der Waals surface area contributed by atoms with Gasteiger partial charge in [-0.2, -0.15) is 10.2 Å². The predicted molar refractivity (Wildman–Crippen MR) is 120 cm³/mol. The molecular weight excluding hydrogens is 482 g/mol. The van der Waals surface area contributed by atoms with Crippen LogP contribution in [0.2, 0.25) is 0 Å². The van der Waals surface area contributed by atoms with Gasteiger partial charge in [-0.25, -0.2) is 4.79 Å². The quantitative estimate of drug-likeness (QED) is 0.638. The highest BCUT2D eigenvalue weighted by Crippen LogP contribution is 2.21. The molecule has 3 rings (SSSR count). The van der Waals surface area contributed by atoms with Crippen molar-refractivity contribution in [2.24, 2.45) is 0 Å². The Kier molecular flexibility index (Phi) is 7.54. The molecule has 32 heavy (non-hydrogen) atoms. The summed E-state index contributed by atoms with van der Waals surface area (Å²) in [6.45, 7) is 9.91. The Morgan fingerprint density at radius 2 is 1.78 bits per heavy atom. The van der Waals surface area contributed by atoms with Crippen LogP contribution < -0.4 is 5.32 Å². The number of carbonyl (C=O) groups excluding carboxylic acids is 3. The average Bonchev–Trinajstić information content (AvgIpc) is 3.35. The summed E-state index contributed by atoms with van der Waals surface area (Å²) >= 11 is 3.36. The second-order valence-electron chi connectivity index (χ2n) is 7.43. The van der Waals surface area contributed by atoms with Crippen molar-refractivity contribution < 1.29 is 19.1 Å². The predicted octanol–water partition coefficient (Wildman–Crippen LogP) is 2.28. The highest BCUT2D eigenvalue weighted by atomic mass is 79.9. The minimum atomic E-state index is -0.556. The van der Waals surface area contributed by atoms with Gasteiger partial charge in [0.1, 0.15) is 6.04 Å². The Morgan fingerprint density at radius 1 is 1.12 bits per heavy atom. The number of piperazine rings is 1. The van der Waals surface area contributed by atoms with E-state index in [2.05, 4.69) is 31.4 Å². The summed E-state index contributed by atoms with van der Waals surface area (Å²) in [4.78, 5) is 40.8. The lowest BCUT2D eigenvalue weighted by atomic mass is 10.2. The Balaban J connectivity index is 1.63.